The molecule has 0 aromatic heterocycles. The van der Waals surface area contributed by atoms with E-state index in [1.165, 1.54) is 7.11 Å². The molecular formula is C17H19NO3. The topological polar surface area (TPSA) is 58.6 Å². The normalized spacial score (nSPS) is 17.6. The predicted molar refractivity (Wildman–Crippen MR) is 81.3 cm³/mol. The van der Waals surface area contributed by atoms with Gasteiger partial charge in [-0.3, -0.25) is 0 Å². The van der Waals surface area contributed by atoms with Gasteiger partial charge in [0.1, 0.15) is 0 Å². The summed E-state index contributed by atoms with van der Waals surface area (Å²) in [6.07, 6.45) is 1.29. The van der Waals surface area contributed by atoms with Gasteiger partial charge in [0.15, 0.2) is 0 Å². The lowest BCUT2D eigenvalue weighted by atomic mass is 9.83. The molecule has 1 aliphatic rings. The average Bonchev–Trinajstić information content (AvgIpc) is 2.53. The van der Waals surface area contributed by atoms with E-state index in [2.05, 4.69) is 5.32 Å². The molecule has 0 bridgehead atoms. The van der Waals surface area contributed by atoms with Crippen molar-refractivity contribution in [3.8, 4) is 0 Å². The van der Waals surface area contributed by atoms with Crippen LogP contribution in [-0.4, -0.2) is 31.3 Å². The molecule has 0 radical (unpaired) electrons. The summed E-state index contributed by atoms with van der Waals surface area (Å²) in [5.41, 5.74) is 0.429. The molecule has 1 fully saturated rings. The second-order valence-corrected chi connectivity index (χ2v) is 5.52. The first kappa shape index (κ1) is 14.0. The van der Waals surface area contributed by atoms with Gasteiger partial charge in [-0.15, -0.1) is 0 Å². The molecule has 0 spiro atoms. The van der Waals surface area contributed by atoms with E-state index in [1.807, 2.05) is 30.3 Å². The van der Waals surface area contributed by atoms with Crippen molar-refractivity contribution in [3.63, 3.8) is 0 Å². The SMILES string of the molecule is COC(=O)c1cc(C2(O)CCNCC2)cc2ccccc12. The molecule has 110 valence electrons. The van der Waals surface area contributed by atoms with Crippen LogP contribution in [0.4, 0.5) is 0 Å². The van der Waals surface area contributed by atoms with Gasteiger partial charge in [0.05, 0.1) is 18.3 Å². The number of aliphatic hydroxyl groups is 1. The van der Waals surface area contributed by atoms with Crippen LogP contribution in [0.5, 0.6) is 0 Å². The summed E-state index contributed by atoms with van der Waals surface area (Å²) in [5, 5.41) is 15.9. The standard InChI is InChI=1S/C17H19NO3/c1-21-16(19)15-11-13(17(20)6-8-18-9-7-17)10-12-4-2-3-5-14(12)15/h2-5,10-11,18,20H,6-9H2,1H3. The van der Waals surface area contributed by atoms with Crippen molar-refractivity contribution in [1.82, 2.24) is 5.32 Å². The summed E-state index contributed by atoms with van der Waals surface area (Å²) in [4.78, 5) is 12.1. The number of benzene rings is 2. The lowest BCUT2D eigenvalue weighted by Gasteiger charge is -2.33. The maximum Gasteiger partial charge on any atom is 0.338 e. The molecular weight excluding hydrogens is 266 g/mol. The molecule has 0 amide bonds. The second-order valence-electron chi connectivity index (χ2n) is 5.52. The highest BCUT2D eigenvalue weighted by atomic mass is 16.5. The number of esters is 1. The first-order valence-corrected chi connectivity index (χ1v) is 7.19. The molecule has 2 N–H and O–H groups in total. The average molecular weight is 285 g/mol. The Morgan fingerprint density at radius 1 is 1.24 bits per heavy atom. The largest absolute Gasteiger partial charge is 0.465 e. The molecule has 0 aliphatic carbocycles. The number of fused-ring (bicyclic) bond motifs is 1. The minimum Gasteiger partial charge on any atom is -0.465 e. The Bertz CT molecular complexity index is 675. The molecule has 1 saturated heterocycles. The fourth-order valence-corrected chi connectivity index (χ4v) is 2.99. The minimum absolute atomic E-state index is 0.370. The van der Waals surface area contributed by atoms with Crippen molar-refractivity contribution in [1.29, 1.82) is 0 Å². The first-order chi connectivity index (χ1) is 10.1. The molecule has 4 nitrogen and oxygen atoms in total. The fraction of sp³-hybridized carbons (Fsp3) is 0.353. The van der Waals surface area contributed by atoms with Crippen LogP contribution in [0.2, 0.25) is 0 Å². The first-order valence-electron chi connectivity index (χ1n) is 7.19. The maximum atomic E-state index is 12.1. The van der Waals surface area contributed by atoms with E-state index in [0.717, 1.165) is 29.4 Å². The quantitative estimate of drug-likeness (QED) is 0.831. The lowest BCUT2D eigenvalue weighted by Crippen LogP contribution is -2.39. The maximum absolute atomic E-state index is 12.1. The summed E-state index contributed by atoms with van der Waals surface area (Å²) in [7, 11) is 1.38. The van der Waals surface area contributed by atoms with Crippen molar-refractivity contribution in [2.24, 2.45) is 0 Å². The van der Waals surface area contributed by atoms with Gasteiger partial charge in [0.25, 0.3) is 0 Å². The van der Waals surface area contributed by atoms with Crippen LogP contribution >= 0.6 is 0 Å². The number of rotatable bonds is 2. The lowest BCUT2D eigenvalue weighted by molar-refractivity contribution is 0.00598. The highest BCUT2D eigenvalue weighted by Crippen LogP contribution is 2.34. The zero-order chi connectivity index (χ0) is 14.9. The van der Waals surface area contributed by atoms with Crippen LogP contribution in [0.15, 0.2) is 36.4 Å². The van der Waals surface area contributed by atoms with Crippen molar-refractivity contribution >= 4 is 16.7 Å². The van der Waals surface area contributed by atoms with E-state index >= 15 is 0 Å². The van der Waals surface area contributed by atoms with E-state index < -0.39 is 5.60 Å². The summed E-state index contributed by atoms with van der Waals surface area (Å²) in [5.74, 6) is -0.370. The van der Waals surface area contributed by atoms with E-state index in [1.54, 1.807) is 6.07 Å². The molecule has 0 saturated carbocycles. The molecule has 21 heavy (non-hydrogen) atoms. The van der Waals surface area contributed by atoms with Gasteiger partial charge in [-0.25, -0.2) is 4.79 Å². The third-order valence-electron chi connectivity index (χ3n) is 4.24. The Morgan fingerprint density at radius 2 is 1.95 bits per heavy atom. The molecule has 3 rings (SSSR count). The number of hydrogen-bond donors (Lipinski definition) is 2. The van der Waals surface area contributed by atoms with Gasteiger partial charge < -0.3 is 15.2 Å². The molecule has 2 aromatic rings. The monoisotopic (exact) mass is 285 g/mol. The number of methoxy groups -OCH3 is 1. The molecule has 0 unspecified atom stereocenters. The molecule has 2 aromatic carbocycles. The van der Waals surface area contributed by atoms with E-state index in [9.17, 15) is 9.90 Å². The summed E-state index contributed by atoms with van der Waals surface area (Å²) in [6.45, 7) is 1.55. The van der Waals surface area contributed by atoms with Crippen LogP contribution < -0.4 is 5.32 Å². The number of piperidine rings is 1. The second kappa shape index (κ2) is 5.47. The third-order valence-corrected chi connectivity index (χ3v) is 4.24. The molecule has 1 heterocycles. The van der Waals surface area contributed by atoms with Crippen molar-refractivity contribution in [2.75, 3.05) is 20.2 Å². The summed E-state index contributed by atoms with van der Waals surface area (Å²) >= 11 is 0. The van der Waals surface area contributed by atoms with Gasteiger partial charge in [-0.05, 0) is 54.4 Å². The Hall–Kier alpha value is -1.91. The van der Waals surface area contributed by atoms with E-state index in [-0.39, 0.29) is 5.97 Å². The molecule has 1 aliphatic heterocycles. The number of carbonyl (C=O) groups is 1. The summed E-state index contributed by atoms with van der Waals surface area (Å²) in [6, 6.07) is 11.4. The molecule has 4 heteroatoms. The van der Waals surface area contributed by atoms with Crippen molar-refractivity contribution < 1.29 is 14.6 Å². The zero-order valence-electron chi connectivity index (χ0n) is 12.1. The Kier molecular flexibility index (Phi) is 3.66. The van der Waals surface area contributed by atoms with Crippen LogP contribution in [0, 0.1) is 0 Å². The smallest absolute Gasteiger partial charge is 0.338 e. The fourth-order valence-electron chi connectivity index (χ4n) is 2.99. The number of carbonyl (C=O) groups excluding carboxylic acids is 1. The Morgan fingerprint density at radius 3 is 2.67 bits per heavy atom. The van der Waals surface area contributed by atoms with Gasteiger partial charge >= 0.3 is 5.97 Å². The predicted octanol–water partition coefficient (Wildman–Crippen LogP) is 2.20. The summed E-state index contributed by atoms with van der Waals surface area (Å²) < 4.78 is 4.89. The van der Waals surface area contributed by atoms with Gasteiger partial charge in [-0.2, -0.15) is 0 Å². The van der Waals surface area contributed by atoms with Gasteiger partial charge in [0.2, 0.25) is 0 Å². The van der Waals surface area contributed by atoms with E-state index in [4.69, 9.17) is 4.74 Å². The van der Waals surface area contributed by atoms with Gasteiger partial charge in [0, 0.05) is 0 Å². The van der Waals surface area contributed by atoms with E-state index in [0.29, 0.717) is 18.4 Å². The zero-order valence-corrected chi connectivity index (χ0v) is 12.1. The highest BCUT2D eigenvalue weighted by Gasteiger charge is 2.32. The van der Waals surface area contributed by atoms with Crippen molar-refractivity contribution in [3.05, 3.63) is 47.5 Å². The number of hydrogen-bond acceptors (Lipinski definition) is 4. The van der Waals surface area contributed by atoms with Gasteiger partial charge in [-0.1, -0.05) is 24.3 Å². The Balaban J connectivity index is 2.18. The van der Waals surface area contributed by atoms with Crippen LogP contribution in [0.1, 0.15) is 28.8 Å². The van der Waals surface area contributed by atoms with Crippen LogP contribution in [0.25, 0.3) is 10.8 Å². The van der Waals surface area contributed by atoms with Crippen LogP contribution in [0.3, 0.4) is 0 Å². The third kappa shape index (κ3) is 2.52. The Labute approximate surface area is 123 Å². The number of nitrogens with one attached hydrogen (secondary N) is 1. The minimum atomic E-state index is -0.877. The van der Waals surface area contributed by atoms with Crippen molar-refractivity contribution in [2.45, 2.75) is 18.4 Å². The highest BCUT2D eigenvalue weighted by molar-refractivity contribution is 6.04. The van der Waals surface area contributed by atoms with Crippen LogP contribution in [-0.2, 0) is 10.3 Å². The molecule has 0 atom stereocenters. The number of ether oxygens (including phenoxy) is 1.